The quantitative estimate of drug-likeness (QED) is 0.586. The first-order valence-electron chi connectivity index (χ1n) is 9.15. The van der Waals surface area contributed by atoms with Gasteiger partial charge in [-0.2, -0.15) is 0 Å². The van der Waals surface area contributed by atoms with Crippen molar-refractivity contribution in [2.75, 3.05) is 7.11 Å². The second kappa shape index (κ2) is 8.73. The van der Waals surface area contributed by atoms with Crippen LogP contribution in [-0.4, -0.2) is 32.8 Å². The van der Waals surface area contributed by atoms with E-state index in [9.17, 15) is 9.18 Å². The van der Waals surface area contributed by atoms with E-state index in [2.05, 4.69) is 15.2 Å². The SMILES string of the molecule is COC(=O)c1cc(C)nc(CCCc2nnc(C)n2Cc2ccc(F)cc2)c1. The third-order valence-electron chi connectivity index (χ3n) is 4.53. The number of carbonyl (C=O) groups is 1. The van der Waals surface area contributed by atoms with Crippen molar-refractivity contribution in [2.45, 2.75) is 39.7 Å². The molecule has 3 rings (SSSR count). The molecule has 3 aromatic rings. The van der Waals surface area contributed by atoms with Crippen molar-refractivity contribution in [3.63, 3.8) is 0 Å². The summed E-state index contributed by atoms with van der Waals surface area (Å²) in [6.45, 7) is 4.37. The van der Waals surface area contributed by atoms with E-state index < -0.39 is 0 Å². The third-order valence-corrected chi connectivity index (χ3v) is 4.53. The summed E-state index contributed by atoms with van der Waals surface area (Å²) < 4.78 is 19.9. The van der Waals surface area contributed by atoms with Crippen molar-refractivity contribution in [1.82, 2.24) is 19.7 Å². The average molecular weight is 382 g/mol. The van der Waals surface area contributed by atoms with Gasteiger partial charge in [0.1, 0.15) is 17.5 Å². The second-order valence-corrected chi connectivity index (χ2v) is 6.71. The minimum Gasteiger partial charge on any atom is -0.465 e. The van der Waals surface area contributed by atoms with E-state index in [1.54, 1.807) is 24.3 Å². The van der Waals surface area contributed by atoms with Crippen molar-refractivity contribution < 1.29 is 13.9 Å². The fourth-order valence-corrected chi connectivity index (χ4v) is 3.12. The van der Waals surface area contributed by atoms with Crippen LogP contribution in [0.15, 0.2) is 36.4 Å². The molecule has 0 saturated carbocycles. The van der Waals surface area contributed by atoms with Crippen molar-refractivity contribution in [3.8, 4) is 0 Å². The van der Waals surface area contributed by atoms with Crippen LogP contribution in [0.3, 0.4) is 0 Å². The maximum Gasteiger partial charge on any atom is 0.337 e. The fraction of sp³-hybridized carbons (Fsp3) is 0.333. The number of halogens is 1. The first-order valence-corrected chi connectivity index (χ1v) is 9.15. The van der Waals surface area contributed by atoms with Gasteiger partial charge in [-0.3, -0.25) is 4.98 Å². The van der Waals surface area contributed by atoms with Crippen LogP contribution in [0.4, 0.5) is 4.39 Å². The Morgan fingerprint density at radius 1 is 1.11 bits per heavy atom. The van der Waals surface area contributed by atoms with Gasteiger partial charge >= 0.3 is 5.97 Å². The largest absolute Gasteiger partial charge is 0.465 e. The molecule has 0 atom stereocenters. The van der Waals surface area contributed by atoms with Crippen LogP contribution < -0.4 is 0 Å². The number of aromatic nitrogens is 4. The molecule has 0 spiro atoms. The number of methoxy groups -OCH3 is 1. The molecule has 146 valence electrons. The zero-order valence-corrected chi connectivity index (χ0v) is 16.3. The van der Waals surface area contributed by atoms with Crippen molar-refractivity contribution in [2.24, 2.45) is 0 Å². The molecule has 28 heavy (non-hydrogen) atoms. The van der Waals surface area contributed by atoms with Crippen LogP contribution >= 0.6 is 0 Å². The molecule has 0 aliphatic carbocycles. The van der Waals surface area contributed by atoms with Gasteiger partial charge in [0.05, 0.1) is 19.2 Å². The predicted octanol–water partition coefficient (Wildman–Crippen LogP) is 3.44. The number of benzene rings is 1. The molecule has 0 N–H and O–H groups in total. The van der Waals surface area contributed by atoms with E-state index in [1.807, 2.05) is 18.4 Å². The molecule has 0 radical (unpaired) electrons. The summed E-state index contributed by atoms with van der Waals surface area (Å²) >= 11 is 0. The first kappa shape index (κ1) is 19.7. The number of hydrogen-bond acceptors (Lipinski definition) is 5. The number of ether oxygens (including phenoxy) is 1. The second-order valence-electron chi connectivity index (χ2n) is 6.71. The van der Waals surface area contributed by atoms with Crippen LogP contribution in [0.5, 0.6) is 0 Å². The molecule has 0 unspecified atom stereocenters. The molecule has 0 fully saturated rings. The Labute approximate surface area is 163 Å². The molecule has 7 heteroatoms. The van der Waals surface area contributed by atoms with Crippen LogP contribution in [0.25, 0.3) is 0 Å². The van der Waals surface area contributed by atoms with Crippen molar-refractivity contribution in [3.05, 3.63) is 76.4 Å². The standard InChI is InChI=1S/C21H23FN4O2/c1-14-11-17(21(27)28-3)12-19(23-14)5-4-6-20-25-24-15(2)26(20)13-16-7-9-18(22)10-8-16/h7-12H,4-6,13H2,1-3H3. The molecule has 6 nitrogen and oxygen atoms in total. The predicted molar refractivity (Wildman–Crippen MR) is 103 cm³/mol. The monoisotopic (exact) mass is 382 g/mol. The Morgan fingerprint density at radius 2 is 1.86 bits per heavy atom. The highest BCUT2D eigenvalue weighted by atomic mass is 19.1. The van der Waals surface area contributed by atoms with Crippen LogP contribution in [0, 0.1) is 19.7 Å². The van der Waals surface area contributed by atoms with Gasteiger partial charge in [-0.25, -0.2) is 9.18 Å². The lowest BCUT2D eigenvalue weighted by atomic mass is 10.1. The van der Waals surface area contributed by atoms with Crippen LogP contribution in [-0.2, 0) is 24.1 Å². The highest BCUT2D eigenvalue weighted by molar-refractivity contribution is 5.89. The van der Waals surface area contributed by atoms with Gasteiger partial charge in [-0.1, -0.05) is 12.1 Å². The summed E-state index contributed by atoms with van der Waals surface area (Å²) in [6.07, 6.45) is 2.26. The van der Waals surface area contributed by atoms with E-state index >= 15 is 0 Å². The van der Waals surface area contributed by atoms with Crippen LogP contribution in [0.2, 0.25) is 0 Å². The van der Waals surface area contributed by atoms with Crippen molar-refractivity contribution in [1.29, 1.82) is 0 Å². The summed E-state index contributed by atoms with van der Waals surface area (Å²) in [5.74, 6) is 1.09. The van der Waals surface area contributed by atoms with Gasteiger partial charge in [0.25, 0.3) is 0 Å². The van der Waals surface area contributed by atoms with E-state index in [4.69, 9.17) is 4.74 Å². The number of pyridine rings is 1. The molecule has 0 aliphatic heterocycles. The Hall–Kier alpha value is -3.09. The zero-order valence-electron chi connectivity index (χ0n) is 16.3. The smallest absolute Gasteiger partial charge is 0.337 e. The van der Waals surface area contributed by atoms with E-state index in [0.717, 1.165) is 41.4 Å². The Balaban J connectivity index is 1.66. The fourth-order valence-electron chi connectivity index (χ4n) is 3.12. The van der Waals surface area contributed by atoms with Gasteiger partial charge in [0.15, 0.2) is 0 Å². The molecule has 2 heterocycles. The zero-order chi connectivity index (χ0) is 20.1. The third kappa shape index (κ3) is 4.79. The minimum atomic E-state index is -0.360. The molecule has 1 aromatic carbocycles. The first-order chi connectivity index (χ1) is 13.5. The summed E-state index contributed by atoms with van der Waals surface area (Å²) in [6, 6.07) is 9.94. The Morgan fingerprint density at radius 3 is 2.57 bits per heavy atom. The summed E-state index contributed by atoms with van der Waals surface area (Å²) in [5, 5.41) is 8.46. The molecule has 2 aromatic heterocycles. The lowest BCUT2D eigenvalue weighted by Crippen LogP contribution is -2.08. The lowest BCUT2D eigenvalue weighted by molar-refractivity contribution is 0.0600. The van der Waals surface area contributed by atoms with E-state index in [0.29, 0.717) is 18.5 Å². The Bertz CT molecular complexity index is 967. The number of aryl methyl sites for hydroxylation is 4. The molecule has 0 amide bonds. The molecule has 0 aliphatic rings. The van der Waals surface area contributed by atoms with Crippen molar-refractivity contribution >= 4 is 5.97 Å². The van der Waals surface area contributed by atoms with Gasteiger partial charge < -0.3 is 9.30 Å². The van der Waals surface area contributed by atoms with E-state index in [-0.39, 0.29) is 11.8 Å². The highest BCUT2D eigenvalue weighted by Crippen LogP contribution is 2.13. The molecule has 0 saturated heterocycles. The van der Waals surface area contributed by atoms with Gasteiger partial charge in [-0.15, -0.1) is 10.2 Å². The number of nitrogens with zero attached hydrogens (tertiary/aromatic N) is 4. The van der Waals surface area contributed by atoms with Gasteiger partial charge in [0.2, 0.25) is 0 Å². The summed E-state index contributed by atoms with van der Waals surface area (Å²) in [5.41, 5.74) is 3.14. The molecule has 0 bridgehead atoms. The number of carbonyl (C=O) groups excluding carboxylic acids is 1. The number of esters is 1. The Kier molecular flexibility index (Phi) is 6.13. The van der Waals surface area contributed by atoms with Crippen LogP contribution in [0.1, 0.15) is 45.4 Å². The normalized spacial score (nSPS) is 10.9. The maximum absolute atomic E-state index is 13.1. The number of rotatable bonds is 7. The molecular weight excluding hydrogens is 359 g/mol. The average Bonchev–Trinajstić information content (AvgIpc) is 3.02. The van der Waals surface area contributed by atoms with Gasteiger partial charge in [-0.05, 0) is 56.5 Å². The highest BCUT2D eigenvalue weighted by Gasteiger charge is 2.12. The summed E-state index contributed by atoms with van der Waals surface area (Å²) in [4.78, 5) is 16.3. The maximum atomic E-state index is 13.1. The summed E-state index contributed by atoms with van der Waals surface area (Å²) in [7, 11) is 1.37. The van der Waals surface area contributed by atoms with Gasteiger partial charge in [0, 0.05) is 17.8 Å². The number of hydrogen-bond donors (Lipinski definition) is 0. The lowest BCUT2D eigenvalue weighted by Gasteiger charge is -2.09. The molecular formula is C21H23FN4O2. The minimum absolute atomic E-state index is 0.249. The van der Waals surface area contributed by atoms with E-state index in [1.165, 1.54) is 19.2 Å². The topological polar surface area (TPSA) is 69.9 Å².